The van der Waals surface area contributed by atoms with Crippen molar-refractivity contribution in [1.82, 2.24) is 0 Å². The van der Waals surface area contributed by atoms with Crippen molar-refractivity contribution in [3.05, 3.63) is 62.8 Å². The minimum absolute atomic E-state index is 0.119. The molecule has 1 aliphatic heterocycles. The summed E-state index contributed by atoms with van der Waals surface area (Å²) in [5.74, 6) is 0.479. The molecule has 0 fully saturated rings. The number of Topliss-reactive ketones (excluding diaryl/α,β-unsaturated/α-hetero) is 1. The number of hydrogen-bond donors (Lipinski definition) is 2. The van der Waals surface area contributed by atoms with Crippen molar-refractivity contribution in [2.24, 2.45) is 0 Å². The highest BCUT2D eigenvalue weighted by molar-refractivity contribution is 6.35. The van der Waals surface area contributed by atoms with Crippen molar-refractivity contribution < 1.29 is 19.5 Å². The van der Waals surface area contributed by atoms with Gasteiger partial charge < -0.3 is 14.7 Å². The zero-order chi connectivity index (χ0) is 17.4. The van der Waals surface area contributed by atoms with Gasteiger partial charge in [0.2, 0.25) is 5.78 Å². The average molecular weight is 365 g/mol. The lowest BCUT2D eigenvalue weighted by molar-refractivity contribution is -0.872. The molecule has 0 unspecified atom stereocenters. The molecule has 0 saturated carbocycles. The third kappa shape index (κ3) is 3.13. The van der Waals surface area contributed by atoms with E-state index in [0.717, 1.165) is 4.90 Å². The van der Waals surface area contributed by atoms with Crippen LogP contribution in [-0.2, 0) is 6.54 Å². The van der Waals surface area contributed by atoms with E-state index in [9.17, 15) is 9.90 Å². The number of phenols is 1. The van der Waals surface area contributed by atoms with Gasteiger partial charge in [-0.2, -0.15) is 0 Å². The molecule has 1 heterocycles. The van der Waals surface area contributed by atoms with Gasteiger partial charge >= 0.3 is 0 Å². The lowest BCUT2D eigenvalue weighted by atomic mass is 10.0. The summed E-state index contributed by atoms with van der Waals surface area (Å²) in [7, 11) is 3.92. The van der Waals surface area contributed by atoms with Crippen molar-refractivity contribution in [3.63, 3.8) is 0 Å². The lowest BCUT2D eigenvalue weighted by Crippen LogP contribution is -3.04. The average Bonchev–Trinajstić information content (AvgIpc) is 2.82. The molecule has 0 bridgehead atoms. The summed E-state index contributed by atoms with van der Waals surface area (Å²) < 4.78 is 5.77. The van der Waals surface area contributed by atoms with E-state index < -0.39 is 0 Å². The van der Waals surface area contributed by atoms with Crippen molar-refractivity contribution >= 4 is 35.1 Å². The van der Waals surface area contributed by atoms with Crippen LogP contribution >= 0.6 is 23.2 Å². The maximum atomic E-state index is 12.6. The minimum Gasteiger partial charge on any atom is -0.507 e. The second kappa shape index (κ2) is 6.48. The van der Waals surface area contributed by atoms with Gasteiger partial charge in [-0.15, -0.1) is 0 Å². The first kappa shape index (κ1) is 16.8. The van der Waals surface area contributed by atoms with E-state index in [1.807, 2.05) is 14.1 Å². The Hall–Kier alpha value is -2.01. The molecule has 2 N–H and O–H groups in total. The van der Waals surface area contributed by atoms with E-state index in [2.05, 4.69) is 0 Å². The summed E-state index contributed by atoms with van der Waals surface area (Å²) in [6.45, 7) is 0.539. The number of carbonyl (C=O) groups excluding carboxylic acids is 1. The number of benzene rings is 2. The number of phenolic OH excluding ortho intramolecular Hbond substituents is 1. The largest absolute Gasteiger partial charge is 0.507 e. The number of carbonyl (C=O) groups is 1. The van der Waals surface area contributed by atoms with E-state index in [1.54, 1.807) is 30.3 Å². The molecule has 0 aliphatic carbocycles. The molecule has 124 valence electrons. The number of halogens is 2. The molecular weight excluding hydrogens is 349 g/mol. The maximum Gasteiger partial charge on any atom is 0.231 e. The van der Waals surface area contributed by atoms with Gasteiger partial charge in [-0.25, -0.2) is 0 Å². The van der Waals surface area contributed by atoms with E-state index in [-0.39, 0.29) is 17.3 Å². The quantitative estimate of drug-likeness (QED) is 0.823. The highest BCUT2D eigenvalue weighted by Gasteiger charge is 2.32. The number of rotatable bonds is 3. The Morgan fingerprint density at radius 1 is 1.21 bits per heavy atom. The highest BCUT2D eigenvalue weighted by atomic mass is 35.5. The van der Waals surface area contributed by atoms with Gasteiger partial charge in [0.15, 0.2) is 11.5 Å². The van der Waals surface area contributed by atoms with Crippen LogP contribution in [0.3, 0.4) is 0 Å². The number of quaternary nitrogens is 1. The van der Waals surface area contributed by atoms with Crippen molar-refractivity contribution in [2.45, 2.75) is 6.54 Å². The smallest absolute Gasteiger partial charge is 0.231 e. The Kier molecular flexibility index (Phi) is 4.54. The molecule has 3 rings (SSSR count). The Labute approximate surface area is 149 Å². The first-order valence-electron chi connectivity index (χ1n) is 7.40. The Morgan fingerprint density at radius 2 is 1.96 bits per heavy atom. The second-order valence-electron chi connectivity index (χ2n) is 5.93. The van der Waals surface area contributed by atoms with Gasteiger partial charge in [0.05, 0.1) is 25.2 Å². The number of fused-ring (bicyclic) bond motifs is 1. The third-order valence-corrected chi connectivity index (χ3v) is 4.26. The van der Waals surface area contributed by atoms with Gasteiger partial charge in [0.25, 0.3) is 0 Å². The van der Waals surface area contributed by atoms with Crippen LogP contribution in [0.25, 0.3) is 6.08 Å². The molecular formula is C18H16Cl2NO3+. The number of ketones is 1. The van der Waals surface area contributed by atoms with Crippen LogP contribution < -0.4 is 9.64 Å². The second-order valence-corrected chi connectivity index (χ2v) is 6.77. The molecule has 24 heavy (non-hydrogen) atoms. The molecule has 2 aromatic rings. The summed E-state index contributed by atoms with van der Waals surface area (Å²) in [5.41, 5.74) is 1.70. The van der Waals surface area contributed by atoms with Gasteiger partial charge in [-0.3, -0.25) is 4.79 Å². The molecule has 1 aliphatic rings. The Balaban J connectivity index is 2.03. The predicted molar refractivity (Wildman–Crippen MR) is 94.0 cm³/mol. The van der Waals surface area contributed by atoms with Crippen LogP contribution in [0.4, 0.5) is 0 Å². The van der Waals surface area contributed by atoms with E-state index in [1.165, 1.54) is 6.07 Å². The fourth-order valence-electron chi connectivity index (χ4n) is 2.58. The molecule has 0 amide bonds. The van der Waals surface area contributed by atoms with Crippen LogP contribution in [-0.4, -0.2) is 25.0 Å². The normalized spacial score (nSPS) is 15.0. The summed E-state index contributed by atoms with van der Waals surface area (Å²) >= 11 is 12.0. The van der Waals surface area contributed by atoms with Crippen LogP contribution in [0.5, 0.6) is 11.5 Å². The fraction of sp³-hybridized carbons (Fsp3) is 0.167. The van der Waals surface area contributed by atoms with Crippen molar-refractivity contribution in [1.29, 1.82) is 0 Å². The Morgan fingerprint density at radius 3 is 2.62 bits per heavy atom. The zero-order valence-electron chi connectivity index (χ0n) is 13.2. The van der Waals surface area contributed by atoms with Gasteiger partial charge in [-0.05, 0) is 35.9 Å². The van der Waals surface area contributed by atoms with Gasteiger partial charge in [0.1, 0.15) is 12.3 Å². The fourth-order valence-corrected chi connectivity index (χ4v) is 3.04. The first-order chi connectivity index (χ1) is 11.4. The molecule has 0 radical (unpaired) electrons. The lowest BCUT2D eigenvalue weighted by Gasteiger charge is -2.12. The molecule has 0 spiro atoms. The van der Waals surface area contributed by atoms with Gasteiger partial charge in [-0.1, -0.05) is 29.3 Å². The maximum absolute atomic E-state index is 12.6. The summed E-state index contributed by atoms with van der Waals surface area (Å²) in [6.07, 6.45) is 1.59. The Bertz CT molecular complexity index is 860. The molecule has 6 heteroatoms. The number of ether oxygens (including phenoxy) is 1. The van der Waals surface area contributed by atoms with E-state index in [0.29, 0.717) is 39.0 Å². The van der Waals surface area contributed by atoms with Crippen LogP contribution in [0.2, 0.25) is 10.0 Å². The molecule has 0 saturated heterocycles. The number of allylic oxidation sites excluding steroid dienone is 1. The topological polar surface area (TPSA) is 51.0 Å². The summed E-state index contributed by atoms with van der Waals surface area (Å²) in [4.78, 5) is 13.7. The SMILES string of the molecule is C[NH+](C)Cc1c(O)ccc2c1O/C(=C\c1ccc(Cl)cc1Cl)C2=O. The van der Waals surface area contributed by atoms with Crippen LogP contribution in [0.15, 0.2) is 36.1 Å². The molecule has 0 atom stereocenters. The molecule has 0 aromatic heterocycles. The van der Waals surface area contributed by atoms with E-state index >= 15 is 0 Å². The molecule has 4 nitrogen and oxygen atoms in total. The van der Waals surface area contributed by atoms with Crippen LogP contribution in [0, 0.1) is 0 Å². The standard InChI is InChI=1S/C18H15Cl2NO3/c1-21(2)9-13-15(22)6-5-12-17(23)16(24-18(12)13)7-10-3-4-11(19)8-14(10)20/h3-8,22H,9H2,1-2H3/p+1/b16-7-. The zero-order valence-corrected chi connectivity index (χ0v) is 14.7. The highest BCUT2D eigenvalue weighted by Crippen LogP contribution is 2.39. The number of aromatic hydroxyl groups is 1. The minimum atomic E-state index is -0.231. The predicted octanol–water partition coefficient (Wildman–Crippen LogP) is 2.96. The first-order valence-corrected chi connectivity index (χ1v) is 8.15. The summed E-state index contributed by atoms with van der Waals surface area (Å²) in [6, 6.07) is 8.12. The number of nitrogens with one attached hydrogen (secondary N) is 1. The van der Waals surface area contributed by atoms with Crippen molar-refractivity contribution in [2.75, 3.05) is 14.1 Å². The third-order valence-electron chi connectivity index (χ3n) is 3.70. The summed E-state index contributed by atoms with van der Waals surface area (Å²) in [5, 5.41) is 11.1. The van der Waals surface area contributed by atoms with Crippen LogP contribution in [0.1, 0.15) is 21.5 Å². The molecule has 2 aromatic carbocycles. The van der Waals surface area contributed by atoms with Gasteiger partial charge in [0, 0.05) is 10.0 Å². The number of hydrogen-bond acceptors (Lipinski definition) is 3. The monoisotopic (exact) mass is 364 g/mol. The van der Waals surface area contributed by atoms with Crippen molar-refractivity contribution in [3.8, 4) is 11.5 Å². The van der Waals surface area contributed by atoms with E-state index in [4.69, 9.17) is 27.9 Å².